The highest BCUT2D eigenvalue weighted by Gasteiger charge is 2.30. The van der Waals surface area contributed by atoms with Crippen LogP contribution in [0.15, 0.2) is 35.1 Å². The van der Waals surface area contributed by atoms with Crippen LogP contribution in [0.4, 0.5) is 5.82 Å². The molecule has 1 N–H and O–H groups in total. The Labute approximate surface area is 115 Å². The van der Waals surface area contributed by atoms with Gasteiger partial charge in [0, 0.05) is 24.4 Å². The molecule has 2 aromatic rings. The van der Waals surface area contributed by atoms with Crippen LogP contribution in [0, 0.1) is 5.92 Å². The number of nitrogens with one attached hydrogen (secondary N) is 1. The predicted molar refractivity (Wildman–Crippen MR) is 78.9 cm³/mol. The highest BCUT2D eigenvalue weighted by atomic mass is 32.1. The topological polar surface area (TPSA) is 53.2 Å². The summed E-state index contributed by atoms with van der Waals surface area (Å²) in [7, 11) is 0. The summed E-state index contributed by atoms with van der Waals surface area (Å²) in [6, 6.07) is 8.82. The number of hydrogen-bond donors (Lipinski definition) is 2. The molecule has 3 rings (SSSR count). The average molecular weight is 274 g/mol. The molecule has 1 aliphatic heterocycles. The number of aromatic amines is 1. The van der Waals surface area contributed by atoms with Crippen LogP contribution in [0.25, 0.3) is 10.9 Å². The molecule has 1 aromatic heterocycles. The fourth-order valence-electron chi connectivity index (χ4n) is 2.47. The van der Waals surface area contributed by atoms with E-state index in [4.69, 9.17) is 0 Å². The summed E-state index contributed by atoms with van der Waals surface area (Å²) in [6.07, 6.45) is 0.498. The van der Waals surface area contributed by atoms with Crippen LogP contribution in [0.2, 0.25) is 0 Å². The number of rotatable bonds is 2. The number of fused-ring (bicyclic) bond motifs is 1. The molecule has 1 aliphatic rings. The minimum atomic E-state index is -0.0635. The molecular formula is C14H14N2O2S. The third-order valence-corrected chi connectivity index (χ3v) is 3.99. The Bertz CT molecular complexity index is 695. The molecule has 0 saturated carbocycles. The highest BCUT2D eigenvalue weighted by molar-refractivity contribution is 7.80. The summed E-state index contributed by atoms with van der Waals surface area (Å²) in [4.78, 5) is 28.8. The summed E-state index contributed by atoms with van der Waals surface area (Å²) in [5.74, 6) is 1.56. The Kier molecular flexibility index (Phi) is 3.06. The number of hydrogen-bond acceptors (Lipinski definition) is 3. The zero-order valence-electron chi connectivity index (χ0n) is 10.3. The van der Waals surface area contributed by atoms with Gasteiger partial charge in [0.05, 0.1) is 5.52 Å². The van der Waals surface area contributed by atoms with Gasteiger partial charge in [-0.25, -0.2) is 0 Å². The Morgan fingerprint density at radius 3 is 2.84 bits per heavy atom. The smallest absolute Gasteiger partial charge is 0.228 e. The molecule has 1 aromatic carbocycles. The minimum absolute atomic E-state index is 0.0463. The molecule has 1 unspecified atom stereocenters. The van der Waals surface area contributed by atoms with Gasteiger partial charge in [0.1, 0.15) is 5.82 Å². The maximum atomic E-state index is 12.0. The molecule has 0 bridgehead atoms. The Morgan fingerprint density at radius 2 is 2.11 bits per heavy atom. The van der Waals surface area contributed by atoms with Crippen LogP contribution < -0.4 is 10.3 Å². The third-order valence-electron chi connectivity index (χ3n) is 3.48. The quantitative estimate of drug-likeness (QED) is 0.821. The highest BCUT2D eigenvalue weighted by Crippen LogP contribution is 2.24. The minimum Gasteiger partial charge on any atom is -0.341 e. The van der Waals surface area contributed by atoms with Gasteiger partial charge in [-0.2, -0.15) is 12.6 Å². The van der Waals surface area contributed by atoms with Gasteiger partial charge in [-0.05, 0) is 23.8 Å². The fraction of sp³-hybridized carbons (Fsp3) is 0.286. The van der Waals surface area contributed by atoms with Gasteiger partial charge in [-0.3, -0.25) is 14.5 Å². The van der Waals surface area contributed by atoms with E-state index in [2.05, 4.69) is 17.6 Å². The number of para-hydroxylation sites is 1. The number of H-pyrrole nitrogens is 1. The Morgan fingerprint density at radius 1 is 1.32 bits per heavy atom. The molecule has 98 valence electrons. The molecule has 1 fully saturated rings. The second-order valence-electron chi connectivity index (χ2n) is 4.82. The second kappa shape index (κ2) is 4.74. The van der Waals surface area contributed by atoms with Crippen LogP contribution in [-0.4, -0.2) is 23.2 Å². The monoisotopic (exact) mass is 274 g/mol. The van der Waals surface area contributed by atoms with Crippen molar-refractivity contribution in [2.24, 2.45) is 5.92 Å². The predicted octanol–water partition coefficient (Wildman–Crippen LogP) is 1.81. The van der Waals surface area contributed by atoms with E-state index in [1.54, 1.807) is 11.0 Å². The lowest BCUT2D eigenvalue weighted by Crippen LogP contribution is -2.27. The van der Waals surface area contributed by atoms with E-state index in [-0.39, 0.29) is 17.3 Å². The molecule has 2 heterocycles. The second-order valence-corrected chi connectivity index (χ2v) is 5.19. The summed E-state index contributed by atoms with van der Waals surface area (Å²) >= 11 is 4.24. The molecule has 5 heteroatoms. The SMILES string of the molecule is O=C1CC(CS)CN1c1cc(=O)c2ccccc2[nH]1. The van der Waals surface area contributed by atoms with Crippen LogP contribution >= 0.6 is 12.6 Å². The van der Waals surface area contributed by atoms with Crippen molar-refractivity contribution < 1.29 is 4.79 Å². The molecule has 0 radical (unpaired) electrons. The molecular weight excluding hydrogens is 260 g/mol. The van der Waals surface area contributed by atoms with Gasteiger partial charge < -0.3 is 4.98 Å². The first-order chi connectivity index (χ1) is 9.19. The van der Waals surface area contributed by atoms with E-state index in [1.165, 1.54) is 6.07 Å². The number of thiol groups is 1. The van der Waals surface area contributed by atoms with Crippen molar-refractivity contribution in [3.05, 3.63) is 40.6 Å². The van der Waals surface area contributed by atoms with Gasteiger partial charge in [0.2, 0.25) is 5.91 Å². The molecule has 19 heavy (non-hydrogen) atoms. The normalized spacial score (nSPS) is 19.3. The van der Waals surface area contributed by atoms with Crippen molar-refractivity contribution in [1.82, 2.24) is 4.98 Å². The van der Waals surface area contributed by atoms with Gasteiger partial charge in [-0.1, -0.05) is 12.1 Å². The lowest BCUT2D eigenvalue weighted by atomic mass is 10.1. The number of anilines is 1. The number of nitrogens with zero attached hydrogens (tertiary/aromatic N) is 1. The number of pyridine rings is 1. The molecule has 1 amide bonds. The summed E-state index contributed by atoms with van der Waals surface area (Å²) in [5.41, 5.74) is 0.693. The van der Waals surface area contributed by atoms with Gasteiger partial charge in [-0.15, -0.1) is 0 Å². The lowest BCUT2D eigenvalue weighted by Gasteiger charge is -2.16. The van der Waals surface area contributed by atoms with Crippen molar-refractivity contribution in [1.29, 1.82) is 0 Å². The van der Waals surface area contributed by atoms with Crippen LogP contribution in [0.5, 0.6) is 0 Å². The number of carbonyl (C=O) groups excluding carboxylic acids is 1. The number of benzene rings is 1. The summed E-state index contributed by atoms with van der Waals surface area (Å²) < 4.78 is 0. The number of carbonyl (C=O) groups is 1. The van der Waals surface area contributed by atoms with E-state index in [1.807, 2.05) is 18.2 Å². The van der Waals surface area contributed by atoms with Crippen molar-refractivity contribution in [3.63, 3.8) is 0 Å². The molecule has 1 atom stereocenters. The molecule has 1 saturated heterocycles. The zero-order valence-corrected chi connectivity index (χ0v) is 11.2. The Hall–Kier alpha value is -1.75. The first kappa shape index (κ1) is 12.3. The van der Waals surface area contributed by atoms with Crippen molar-refractivity contribution in [2.45, 2.75) is 6.42 Å². The van der Waals surface area contributed by atoms with Crippen LogP contribution in [-0.2, 0) is 4.79 Å². The van der Waals surface area contributed by atoms with Gasteiger partial charge in [0.25, 0.3) is 0 Å². The third kappa shape index (κ3) is 2.14. The first-order valence-electron chi connectivity index (χ1n) is 6.22. The summed E-state index contributed by atoms with van der Waals surface area (Å²) in [5, 5.41) is 0.642. The van der Waals surface area contributed by atoms with E-state index in [9.17, 15) is 9.59 Å². The number of amides is 1. The van der Waals surface area contributed by atoms with E-state index < -0.39 is 0 Å². The largest absolute Gasteiger partial charge is 0.341 e. The average Bonchev–Trinajstić information content (AvgIpc) is 2.80. The standard InChI is InChI=1S/C14H14N2O2S/c17-12-6-13(15-11-4-2-1-3-10(11)12)16-7-9(8-19)5-14(16)18/h1-4,6,9,19H,5,7-8H2,(H,15,17). The first-order valence-corrected chi connectivity index (χ1v) is 6.85. The molecule has 0 aliphatic carbocycles. The van der Waals surface area contributed by atoms with Crippen molar-refractivity contribution in [3.8, 4) is 0 Å². The van der Waals surface area contributed by atoms with E-state index in [0.717, 1.165) is 5.52 Å². The van der Waals surface area contributed by atoms with Crippen LogP contribution in [0.3, 0.4) is 0 Å². The maximum absolute atomic E-state index is 12.0. The molecule has 4 nitrogen and oxygen atoms in total. The van der Waals surface area contributed by atoms with Crippen molar-refractivity contribution >= 4 is 35.3 Å². The number of aromatic nitrogens is 1. The van der Waals surface area contributed by atoms with Gasteiger partial charge in [0.15, 0.2) is 5.43 Å². The maximum Gasteiger partial charge on any atom is 0.228 e. The van der Waals surface area contributed by atoms with E-state index >= 15 is 0 Å². The summed E-state index contributed by atoms with van der Waals surface area (Å²) in [6.45, 7) is 0.622. The Balaban J connectivity index is 2.07. The van der Waals surface area contributed by atoms with Crippen molar-refractivity contribution in [2.75, 3.05) is 17.2 Å². The lowest BCUT2D eigenvalue weighted by molar-refractivity contribution is -0.117. The molecule has 0 spiro atoms. The zero-order chi connectivity index (χ0) is 13.4. The van der Waals surface area contributed by atoms with E-state index in [0.29, 0.717) is 29.9 Å². The fourth-order valence-corrected chi connectivity index (χ4v) is 2.71. The van der Waals surface area contributed by atoms with Crippen LogP contribution in [0.1, 0.15) is 6.42 Å². The van der Waals surface area contributed by atoms with Gasteiger partial charge >= 0.3 is 0 Å².